The number of hydrogen-bond donors (Lipinski definition) is 1. The Morgan fingerprint density at radius 3 is 2.60 bits per heavy atom. The van der Waals surface area contributed by atoms with Crippen LogP contribution in [-0.2, 0) is 21.3 Å². The molecule has 0 spiro atoms. The van der Waals surface area contributed by atoms with E-state index in [9.17, 15) is 8.42 Å². The summed E-state index contributed by atoms with van der Waals surface area (Å²) in [5.41, 5.74) is 5.60. The molecule has 0 saturated carbocycles. The van der Waals surface area contributed by atoms with Gasteiger partial charge in [-0.15, -0.1) is 11.3 Å². The van der Waals surface area contributed by atoms with Crippen molar-refractivity contribution < 1.29 is 13.2 Å². The zero-order valence-corrected chi connectivity index (χ0v) is 14.2. The van der Waals surface area contributed by atoms with Gasteiger partial charge in [0.15, 0.2) is 0 Å². The molecule has 1 unspecified atom stereocenters. The van der Waals surface area contributed by atoms with Gasteiger partial charge in [0.25, 0.3) is 0 Å². The van der Waals surface area contributed by atoms with Crippen LogP contribution >= 0.6 is 11.3 Å². The molecule has 0 bridgehead atoms. The minimum atomic E-state index is -3.50. The summed E-state index contributed by atoms with van der Waals surface area (Å²) in [4.78, 5) is 2.05. The van der Waals surface area contributed by atoms with E-state index < -0.39 is 10.0 Å². The van der Waals surface area contributed by atoms with E-state index in [0.717, 1.165) is 16.2 Å². The van der Waals surface area contributed by atoms with E-state index in [4.69, 9.17) is 10.5 Å². The monoisotopic (exact) mass is 320 g/mol. The topological polar surface area (TPSA) is 72.6 Å². The van der Waals surface area contributed by atoms with Crippen molar-refractivity contribution in [3.8, 4) is 0 Å². The Labute approximate surface area is 125 Å². The van der Waals surface area contributed by atoms with E-state index in [-0.39, 0.29) is 6.04 Å². The van der Waals surface area contributed by atoms with Gasteiger partial charge in [-0.25, -0.2) is 8.42 Å². The molecule has 0 radical (unpaired) electrons. The Bertz CT molecular complexity index is 526. The quantitative estimate of drug-likeness (QED) is 0.794. The first kappa shape index (κ1) is 17.6. The summed E-state index contributed by atoms with van der Waals surface area (Å²) in [5, 5.41) is 0. The molecular weight excluding hydrogens is 296 g/mol. The third-order valence-electron chi connectivity index (χ3n) is 3.31. The van der Waals surface area contributed by atoms with E-state index in [1.165, 1.54) is 15.6 Å². The Kier molecular flexibility index (Phi) is 6.60. The fraction of sp³-hybridized carbons (Fsp3) is 0.692. The molecule has 1 rings (SSSR count). The first-order valence-corrected chi connectivity index (χ1v) is 8.94. The molecule has 0 aliphatic rings. The highest BCUT2D eigenvalue weighted by Gasteiger charge is 2.30. The third kappa shape index (κ3) is 3.79. The number of sulfonamides is 1. The van der Waals surface area contributed by atoms with Gasteiger partial charge in [0.05, 0.1) is 11.5 Å². The second kappa shape index (κ2) is 7.51. The molecule has 2 N–H and O–H groups in total. The van der Waals surface area contributed by atoms with Crippen molar-refractivity contribution in [1.82, 2.24) is 4.31 Å². The van der Waals surface area contributed by atoms with Crippen LogP contribution in [0.2, 0.25) is 0 Å². The van der Waals surface area contributed by atoms with Crippen LogP contribution < -0.4 is 5.73 Å². The summed E-state index contributed by atoms with van der Waals surface area (Å²) >= 11 is 1.44. The standard InChI is InChI=1S/C13H24N2O3S2/c1-5-10(2)15(6-7-18-4)20(16,17)13-8-12(9-14)19-11(13)3/h8,10H,5-7,9,14H2,1-4H3. The number of ether oxygens (including phenoxy) is 1. The van der Waals surface area contributed by atoms with E-state index in [1.54, 1.807) is 13.2 Å². The molecule has 20 heavy (non-hydrogen) atoms. The van der Waals surface area contributed by atoms with Crippen molar-refractivity contribution in [1.29, 1.82) is 0 Å². The predicted molar refractivity (Wildman–Crippen MR) is 82.5 cm³/mol. The molecule has 1 atom stereocenters. The summed E-state index contributed by atoms with van der Waals surface area (Å²) < 4.78 is 32.2. The van der Waals surface area contributed by atoms with Crippen LogP contribution in [0.25, 0.3) is 0 Å². The van der Waals surface area contributed by atoms with Gasteiger partial charge in [0.2, 0.25) is 10.0 Å². The van der Waals surface area contributed by atoms with Crippen molar-refractivity contribution in [3.05, 3.63) is 15.8 Å². The summed E-state index contributed by atoms with van der Waals surface area (Å²) in [6.45, 7) is 6.83. The van der Waals surface area contributed by atoms with E-state index in [1.807, 2.05) is 20.8 Å². The lowest BCUT2D eigenvalue weighted by Gasteiger charge is -2.27. The molecule has 0 aliphatic carbocycles. The lowest BCUT2D eigenvalue weighted by atomic mass is 10.3. The number of aryl methyl sites for hydroxylation is 1. The first-order valence-electron chi connectivity index (χ1n) is 6.68. The second-order valence-electron chi connectivity index (χ2n) is 4.70. The van der Waals surface area contributed by atoms with Crippen LogP contribution in [0.4, 0.5) is 0 Å². The summed E-state index contributed by atoms with van der Waals surface area (Å²) in [5.74, 6) is 0. The molecule has 0 aromatic carbocycles. The van der Waals surface area contributed by atoms with Gasteiger partial charge in [0, 0.05) is 36.0 Å². The first-order chi connectivity index (χ1) is 9.38. The zero-order chi connectivity index (χ0) is 15.3. The molecule has 7 heteroatoms. The minimum Gasteiger partial charge on any atom is -0.383 e. The number of methoxy groups -OCH3 is 1. The fourth-order valence-electron chi connectivity index (χ4n) is 1.97. The second-order valence-corrected chi connectivity index (χ2v) is 7.90. The van der Waals surface area contributed by atoms with Crippen molar-refractivity contribution in [3.63, 3.8) is 0 Å². The van der Waals surface area contributed by atoms with Crippen LogP contribution in [0.1, 0.15) is 30.0 Å². The summed E-state index contributed by atoms with van der Waals surface area (Å²) in [6.07, 6.45) is 0.760. The highest BCUT2D eigenvalue weighted by molar-refractivity contribution is 7.89. The Balaban J connectivity index is 3.17. The number of nitrogens with two attached hydrogens (primary N) is 1. The molecule has 1 aromatic rings. The number of thiophene rings is 1. The molecule has 1 aromatic heterocycles. The Morgan fingerprint density at radius 2 is 2.15 bits per heavy atom. The maximum Gasteiger partial charge on any atom is 0.244 e. The van der Waals surface area contributed by atoms with Crippen LogP contribution in [0.3, 0.4) is 0 Å². The van der Waals surface area contributed by atoms with Gasteiger partial charge in [-0.3, -0.25) is 0 Å². The lowest BCUT2D eigenvalue weighted by Crippen LogP contribution is -2.40. The van der Waals surface area contributed by atoms with Crippen LogP contribution in [0, 0.1) is 6.92 Å². The van der Waals surface area contributed by atoms with Crippen molar-refractivity contribution in [2.45, 2.75) is 44.7 Å². The van der Waals surface area contributed by atoms with Crippen molar-refractivity contribution in [2.75, 3.05) is 20.3 Å². The largest absolute Gasteiger partial charge is 0.383 e. The average Bonchev–Trinajstić information content (AvgIpc) is 2.80. The number of hydrogen-bond acceptors (Lipinski definition) is 5. The minimum absolute atomic E-state index is 0.0595. The molecule has 5 nitrogen and oxygen atoms in total. The smallest absolute Gasteiger partial charge is 0.244 e. The van der Waals surface area contributed by atoms with Crippen molar-refractivity contribution >= 4 is 21.4 Å². The van der Waals surface area contributed by atoms with Crippen LogP contribution in [0.5, 0.6) is 0 Å². The highest BCUT2D eigenvalue weighted by atomic mass is 32.2. The maximum atomic E-state index is 12.8. The molecule has 0 amide bonds. The van der Waals surface area contributed by atoms with Crippen molar-refractivity contribution in [2.24, 2.45) is 5.73 Å². The Hall–Kier alpha value is -0.470. The molecule has 1 heterocycles. The van der Waals surface area contributed by atoms with Crippen LogP contribution in [-0.4, -0.2) is 39.0 Å². The van der Waals surface area contributed by atoms with E-state index >= 15 is 0 Å². The van der Waals surface area contributed by atoms with E-state index in [2.05, 4.69) is 0 Å². The molecular formula is C13H24N2O3S2. The van der Waals surface area contributed by atoms with Gasteiger partial charge >= 0.3 is 0 Å². The summed E-state index contributed by atoms with van der Waals surface area (Å²) in [7, 11) is -1.92. The van der Waals surface area contributed by atoms with Gasteiger partial charge in [-0.05, 0) is 26.3 Å². The van der Waals surface area contributed by atoms with Gasteiger partial charge < -0.3 is 10.5 Å². The normalized spacial score (nSPS) is 13.9. The molecule has 0 aliphatic heterocycles. The predicted octanol–water partition coefficient (Wildman–Crippen LogP) is 1.95. The average molecular weight is 320 g/mol. The molecule has 116 valence electrons. The zero-order valence-electron chi connectivity index (χ0n) is 12.5. The Morgan fingerprint density at radius 1 is 1.50 bits per heavy atom. The van der Waals surface area contributed by atoms with Gasteiger partial charge in [-0.2, -0.15) is 4.31 Å². The molecule has 0 fully saturated rings. The van der Waals surface area contributed by atoms with E-state index in [0.29, 0.717) is 24.6 Å². The number of rotatable bonds is 8. The van der Waals surface area contributed by atoms with Crippen LogP contribution in [0.15, 0.2) is 11.0 Å². The third-order valence-corrected chi connectivity index (χ3v) is 6.65. The fourth-order valence-corrected chi connectivity index (χ4v) is 5.14. The lowest BCUT2D eigenvalue weighted by molar-refractivity contribution is 0.167. The van der Waals surface area contributed by atoms with Gasteiger partial charge in [-0.1, -0.05) is 6.92 Å². The highest BCUT2D eigenvalue weighted by Crippen LogP contribution is 2.29. The SMILES string of the molecule is CCC(C)N(CCOC)S(=O)(=O)c1cc(CN)sc1C. The maximum absolute atomic E-state index is 12.8. The molecule has 0 saturated heterocycles. The number of nitrogens with zero attached hydrogens (tertiary/aromatic N) is 1. The van der Waals surface area contributed by atoms with Gasteiger partial charge in [0.1, 0.15) is 0 Å². The summed E-state index contributed by atoms with van der Waals surface area (Å²) in [6, 6.07) is 1.63.